The first-order chi connectivity index (χ1) is 16.2. The third-order valence-electron chi connectivity index (χ3n) is 8.11. The summed E-state index contributed by atoms with van der Waals surface area (Å²) in [5.41, 5.74) is 0. The van der Waals surface area contributed by atoms with Gasteiger partial charge >= 0.3 is 6.03 Å². The molecule has 3 N–H and O–H groups in total. The fraction of sp³-hybridized carbons (Fsp3) is 0.917. The molecule has 0 atom stereocenters. The van der Waals surface area contributed by atoms with E-state index >= 15 is 0 Å². The lowest BCUT2D eigenvalue weighted by Gasteiger charge is -2.37. The number of ether oxygens (including phenoxy) is 1. The Morgan fingerprint density at radius 1 is 1.03 bits per heavy atom. The van der Waals surface area contributed by atoms with Crippen molar-refractivity contribution in [3.8, 4) is 6.26 Å². The van der Waals surface area contributed by atoms with E-state index in [1.807, 2.05) is 6.26 Å². The average Bonchev–Trinajstić information content (AvgIpc) is 2.80. The maximum Gasteiger partial charge on any atom is 0.315 e. The first-order valence-electron chi connectivity index (χ1n) is 13.1. The van der Waals surface area contributed by atoms with Crippen LogP contribution in [-0.2, 0) is 14.9 Å². The molecule has 0 aromatic rings. The van der Waals surface area contributed by atoms with Gasteiger partial charge in [-0.25, -0.2) is 4.79 Å². The second-order valence-corrected chi connectivity index (χ2v) is 11.8. The standard InChI is InChI=1S/C24H44N4O5S/c1-3-28(4-2,15-5-17-34(30,31)32)16-14-26-24(29)27-22-10-6-20(7-11-22)18-21-8-12-23(13-9-21)33-19-25/h20-23H,3-18H2,1-2H3,(H2-,26,27,29,30,31,32)/p+1. The molecule has 2 amide bonds. The van der Waals surface area contributed by atoms with E-state index in [9.17, 15) is 13.2 Å². The second kappa shape index (κ2) is 14.1. The molecule has 196 valence electrons. The van der Waals surface area contributed by atoms with Crippen molar-refractivity contribution >= 4 is 16.1 Å². The molecule has 0 radical (unpaired) electrons. The molecule has 0 unspecified atom stereocenters. The van der Waals surface area contributed by atoms with E-state index in [0.717, 1.165) is 82.8 Å². The Balaban J connectivity index is 1.63. The summed E-state index contributed by atoms with van der Waals surface area (Å²) in [6.07, 6.45) is 12.2. The van der Waals surface area contributed by atoms with E-state index in [0.29, 0.717) is 24.0 Å². The van der Waals surface area contributed by atoms with Crippen molar-refractivity contribution in [1.29, 1.82) is 5.26 Å². The van der Waals surface area contributed by atoms with Gasteiger partial charge in [-0.05, 0) is 83.5 Å². The van der Waals surface area contributed by atoms with Gasteiger partial charge in [0.2, 0.25) is 0 Å². The van der Waals surface area contributed by atoms with Crippen molar-refractivity contribution in [3.05, 3.63) is 0 Å². The van der Waals surface area contributed by atoms with Crippen molar-refractivity contribution in [2.24, 2.45) is 11.8 Å². The maximum absolute atomic E-state index is 12.4. The first-order valence-corrected chi connectivity index (χ1v) is 14.7. The van der Waals surface area contributed by atoms with Crippen LogP contribution in [0.1, 0.15) is 78.1 Å². The smallest absolute Gasteiger partial charge is 0.315 e. The number of likely N-dealkylation sites (N-methyl/N-ethyl adjacent to an activating group) is 1. The first kappa shape index (κ1) is 28.7. The van der Waals surface area contributed by atoms with Crippen LogP contribution >= 0.6 is 0 Å². The lowest BCUT2D eigenvalue weighted by molar-refractivity contribution is -0.923. The Labute approximate surface area is 205 Å². The minimum Gasteiger partial charge on any atom is -0.424 e. The van der Waals surface area contributed by atoms with E-state index in [1.165, 1.54) is 6.42 Å². The van der Waals surface area contributed by atoms with Crippen LogP contribution < -0.4 is 10.6 Å². The van der Waals surface area contributed by atoms with Gasteiger partial charge < -0.3 is 19.9 Å². The van der Waals surface area contributed by atoms with Crippen LogP contribution in [0.3, 0.4) is 0 Å². The molecule has 2 aliphatic carbocycles. The van der Waals surface area contributed by atoms with Crippen LogP contribution in [-0.4, -0.2) is 74.1 Å². The highest BCUT2D eigenvalue weighted by Gasteiger charge is 2.28. The Bertz CT molecular complexity index is 750. The minimum atomic E-state index is -3.94. The SMILES string of the molecule is CC[N+](CC)(CCCS(=O)(=O)O)CCNC(=O)NC1CCC(CC2CCC(OC#N)CC2)CC1. The highest BCUT2D eigenvalue weighted by atomic mass is 32.2. The number of carbonyl (C=O) groups excluding carboxylic acids is 1. The van der Waals surface area contributed by atoms with Crippen LogP contribution in [0.5, 0.6) is 0 Å². The topological polar surface area (TPSA) is 129 Å². The molecular formula is C24H45N4O5S+. The molecule has 2 rings (SSSR count). The molecule has 0 spiro atoms. The Morgan fingerprint density at radius 3 is 2.15 bits per heavy atom. The number of carbonyl (C=O) groups is 1. The lowest BCUT2D eigenvalue weighted by Crippen LogP contribution is -2.53. The summed E-state index contributed by atoms with van der Waals surface area (Å²) in [6.45, 7) is 7.77. The third-order valence-corrected chi connectivity index (χ3v) is 8.91. The van der Waals surface area contributed by atoms with Gasteiger partial charge in [0.05, 0.1) is 38.5 Å². The zero-order valence-electron chi connectivity index (χ0n) is 21.0. The van der Waals surface area contributed by atoms with Crippen LogP contribution in [0, 0.1) is 23.4 Å². The number of nitriles is 1. The summed E-state index contributed by atoms with van der Waals surface area (Å²) in [5.74, 6) is 1.25. The van der Waals surface area contributed by atoms with Gasteiger partial charge in [-0.2, -0.15) is 13.7 Å². The maximum atomic E-state index is 12.4. The van der Waals surface area contributed by atoms with Crippen molar-refractivity contribution in [1.82, 2.24) is 10.6 Å². The number of nitrogens with zero attached hydrogens (tertiary/aromatic N) is 2. The van der Waals surface area contributed by atoms with Crippen molar-refractivity contribution in [2.45, 2.75) is 90.2 Å². The monoisotopic (exact) mass is 501 g/mol. The second-order valence-electron chi connectivity index (χ2n) is 10.3. The predicted octanol–water partition coefficient (Wildman–Crippen LogP) is 3.43. The zero-order valence-corrected chi connectivity index (χ0v) is 21.8. The molecule has 0 aromatic carbocycles. The Morgan fingerprint density at radius 2 is 1.62 bits per heavy atom. The van der Waals surface area contributed by atoms with E-state index < -0.39 is 10.1 Å². The quantitative estimate of drug-likeness (QED) is 0.201. The number of hydrogen-bond acceptors (Lipinski definition) is 5. The molecule has 2 saturated carbocycles. The normalized spacial score (nSPS) is 25.8. The Kier molecular flexibility index (Phi) is 11.9. The number of nitrogens with one attached hydrogen (secondary N) is 2. The van der Waals surface area contributed by atoms with E-state index in [-0.39, 0.29) is 23.9 Å². The van der Waals surface area contributed by atoms with Crippen LogP contribution in [0.25, 0.3) is 0 Å². The van der Waals surface area contributed by atoms with Crippen molar-refractivity contribution in [2.75, 3.05) is 38.5 Å². The van der Waals surface area contributed by atoms with Crippen molar-refractivity contribution < 1.29 is 27.0 Å². The molecule has 34 heavy (non-hydrogen) atoms. The van der Waals surface area contributed by atoms with Gasteiger partial charge in [0.25, 0.3) is 16.4 Å². The lowest BCUT2D eigenvalue weighted by atomic mass is 9.76. The van der Waals surface area contributed by atoms with Crippen LogP contribution in [0.15, 0.2) is 0 Å². The molecule has 9 nitrogen and oxygen atoms in total. The number of quaternary nitrogens is 1. The summed E-state index contributed by atoms with van der Waals surface area (Å²) < 4.78 is 36.8. The van der Waals surface area contributed by atoms with Gasteiger partial charge in [-0.1, -0.05) is 0 Å². The molecule has 0 heterocycles. The van der Waals surface area contributed by atoms with Crippen LogP contribution in [0.2, 0.25) is 0 Å². The third kappa shape index (κ3) is 10.4. The summed E-state index contributed by atoms with van der Waals surface area (Å²) in [6, 6.07) is 0.102. The largest absolute Gasteiger partial charge is 0.424 e. The molecule has 2 fully saturated rings. The zero-order chi connectivity index (χ0) is 25.0. The number of amides is 2. The fourth-order valence-electron chi connectivity index (χ4n) is 5.77. The molecule has 0 aromatic heterocycles. The van der Waals surface area contributed by atoms with Crippen molar-refractivity contribution in [3.63, 3.8) is 0 Å². The van der Waals surface area contributed by atoms with Gasteiger partial charge in [0.1, 0.15) is 6.10 Å². The number of hydrogen-bond donors (Lipinski definition) is 3. The fourth-order valence-corrected chi connectivity index (χ4v) is 6.26. The van der Waals surface area contributed by atoms with Gasteiger partial charge in [0.15, 0.2) is 0 Å². The number of rotatable bonds is 13. The average molecular weight is 502 g/mol. The molecule has 10 heteroatoms. The minimum absolute atomic E-state index is 0.120. The van der Waals surface area contributed by atoms with E-state index in [2.05, 4.69) is 24.5 Å². The Hall–Kier alpha value is -1.57. The summed E-state index contributed by atoms with van der Waals surface area (Å²) in [4.78, 5) is 12.4. The summed E-state index contributed by atoms with van der Waals surface area (Å²) in [5, 5.41) is 14.8. The van der Waals surface area contributed by atoms with Gasteiger partial charge in [0, 0.05) is 12.5 Å². The van der Waals surface area contributed by atoms with Gasteiger partial charge in [-0.15, -0.1) is 0 Å². The highest BCUT2D eigenvalue weighted by molar-refractivity contribution is 7.85. The summed E-state index contributed by atoms with van der Waals surface area (Å²) in [7, 11) is -3.94. The summed E-state index contributed by atoms with van der Waals surface area (Å²) >= 11 is 0. The molecule has 0 bridgehead atoms. The highest BCUT2D eigenvalue weighted by Crippen LogP contribution is 2.36. The van der Waals surface area contributed by atoms with Gasteiger partial charge in [-0.3, -0.25) is 4.55 Å². The molecule has 0 saturated heterocycles. The molecular weight excluding hydrogens is 456 g/mol. The molecule has 0 aliphatic heterocycles. The van der Waals surface area contributed by atoms with E-state index in [1.54, 1.807) is 0 Å². The molecule has 2 aliphatic rings. The predicted molar refractivity (Wildman–Crippen MR) is 131 cm³/mol. The van der Waals surface area contributed by atoms with Crippen LogP contribution in [0.4, 0.5) is 4.79 Å². The van der Waals surface area contributed by atoms with E-state index in [4.69, 9.17) is 14.6 Å². The number of urea groups is 1.